The van der Waals surface area contributed by atoms with E-state index in [1.54, 1.807) is 6.92 Å². The fourth-order valence-electron chi connectivity index (χ4n) is 8.08. The van der Waals surface area contributed by atoms with Crippen LogP contribution in [0.25, 0.3) is 11.0 Å². The summed E-state index contributed by atoms with van der Waals surface area (Å²) in [4.78, 5) is 37.1. The van der Waals surface area contributed by atoms with E-state index in [1.165, 1.54) is 57.8 Å². The molecule has 0 spiro atoms. The van der Waals surface area contributed by atoms with Gasteiger partial charge in [0.05, 0.1) is 11.0 Å². The quantitative estimate of drug-likeness (QED) is 0.449. The number of carbonyl (C=O) groups is 1. The molecule has 2 saturated carbocycles. The Labute approximate surface area is 217 Å². The number of carboxylic acids is 1. The Morgan fingerprint density at radius 1 is 0.973 bits per heavy atom. The number of hydrogen-bond acceptors (Lipinski definition) is 6. The van der Waals surface area contributed by atoms with Gasteiger partial charge in [0.25, 0.3) is 5.56 Å². The Balaban J connectivity index is 1.29. The second kappa shape index (κ2) is 10.2. The number of aromatic nitrogens is 2. The van der Waals surface area contributed by atoms with Gasteiger partial charge in [-0.05, 0) is 75.8 Å². The molecule has 2 aliphatic carbocycles. The van der Waals surface area contributed by atoms with Crippen LogP contribution in [0.4, 0.5) is 0 Å². The summed E-state index contributed by atoms with van der Waals surface area (Å²) in [5.41, 5.74) is 1.97. The van der Waals surface area contributed by atoms with Crippen molar-refractivity contribution in [2.24, 2.45) is 17.0 Å². The number of hydrogen-bond donors (Lipinski definition) is 1. The first-order chi connectivity index (χ1) is 18.0. The Morgan fingerprint density at radius 3 is 2.32 bits per heavy atom. The summed E-state index contributed by atoms with van der Waals surface area (Å²) in [5, 5.41) is 12.7. The van der Waals surface area contributed by atoms with E-state index in [1.807, 2.05) is 28.8 Å². The third-order valence-electron chi connectivity index (χ3n) is 9.43. The third-order valence-corrected chi connectivity index (χ3v) is 9.43. The highest BCUT2D eigenvalue weighted by atomic mass is 16.6. The van der Waals surface area contributed by atoms with Crippen molar-refractivity contribution in [2.75, 3.05) is 6.61 Å². The van der Waals surface area contributed by atoms with Crippen molar-refractivity contribution in [3.05, 3.63) is 40.3 Å². The summed E-state index contributed by atoms with van der Waals surface area (Å²) < 4.78 is 1.96. The van der Waals surface area contributed by atoms with Crippen molar-refractivity contribution in [1.29, 1.82) is 0 Å². The maximum Gasteiger partial charge on any atom is 0.344 e. The minimum atomic E-state index is -1.11. The average molecular weight is 507 g/mol. The molecule has 1 aromatic carbocycles. The maximum atomic E-state index is 13.8. The molecule has 0 amide bonds. The van der Waals surface area contributed by atoms with E-state index in [2.05, 4.69) is 15.0 Å². The number of oxime groups is 1. The molecule has 4 atom stereocenters. The van der Waals surface area contributed by atoms with Gasteiger partial charge in [0, 0.05) is 24.2 Å². The van der Waals surface area contributed by atoms with Crippen molar-refractivity contribution in [3.63, 3.8) is 0 Å². The Morgan fingerprint density at radius 2 is 1.65 bits per heavy atom. The van der Waals surface area contributed by atoms with Crippen LogP contribution in [0.2, 0.25) is 0 Å². The van der Waals surface area contributed by atoms with Crippen LogP contribution < -0.4 is 5.56 Å². The summed E-state index contributed by atoms with van der Waals surface area (Å²) in [5.74, 6) is 0.700. The van der Waals surface area contributed by atoms with Crippen LogP contribution in [0.5, 0.6) is 0 Å². The number of rotatable bonds is 6. The van der Waals surface area contributed by atoms with Gasteiger partial charge in [-0.25, -0.2) is 9.78 Å². The molecular formula is C29H38N4O4. The fourth-order valence-corrected chi connectivity index (χ4v) is 8.08. The third kappa shape index (κ3) is 4.80. The maximum absolute atomic E-state index is 13.8. The van der Waals surface area contributed by atoms with Gasteiger partial charge in [-0.15, -0.1) is 0 Å². The number of piperidine rings is 1. The van der Waals surface area contributed by atoms with Gasteiger partial charge >= 0.3 is 5.97 Å². The first kappa shape index (κ1) is 24.6. The lowest BCUT2D eigenvalue weighted by Gasteiger charge is -2.48. The first-order valence-corrected chi connectivity index (χ1v) is 14.2. The zero-order valence-electron chi connectivity index (χ0n) is 21.7. The second-order valence-electron chi connectivity index (χ2n) is 11.8. The molecule has 4 unspecified atom stereocenters. The lowest BCUT2D eigenvalue weighted by molar-refractivity contribution is -0.142. The largest absolute Gasteiger partial charge is 0.479 e. The molecule has 37 heavy (non-hydrogen) atoms. The van der Waals surface area contributed by atoms with Crippen molar-refractivity contribution < 1.29 is 14.7 Å². The van der Waals surface area contributed by atoms with Crippen molar-refractivity contribution >= 4 is 22.7 Å². The van der Waals surface area contributed by atoms with Gasteiger partial charge in [0.15, 0.2) is 5.69 Å². The van der Waals surface area contributed by atoms with Gasteiger partial charge in [-0.2, -0.15) is 0 Å². The van der Waals surface area contributed by atoms with Crippen molar-refractivity contribution in [3.8, 4) is 0 Å². The van der Waals surface area contributed by atoms with Crippen LogP contribution in [0, 0.1) is 11.8 Å². The van der Waals surface area contributed by atoms with Crippen molar-refractivity contribution in [1.82, 2.24) is 14.5 Å². The number of para-hydroxylation sites is 2. The Hall–Kier alpha value is -2.74. The van der Waals surface area contributed by atoms with E-state index in [4.69, 9.17) is 9.94 Å². The minimum Gasteiger partial charge on any atom is -0.479 e. The topological polar surface area (TPSA) is 97.0 Å². The highest BCUT2D eigenvalue weighted by molar-refractivity contribution is 5.97. The van der Waals surface area contributed by atoms with Crippen LogP contribution >= 0.6 is 0 Å². The summed E-state index contributed by atoms with van der Waals surface area (Å²) in [7, 11) is 0. The van der Waals surface area contributed by atoms with Crippen LogP contribution in [-0.2, 0) is 9.63 Å². The predicted molar refractivity (Wildman–Crippen MR) is 142 cm³/mol. The molecule has 8 heteroatoms. The first-order valence-electron chi connectivity index (χ1n) is 14.2. The smallest absolute Gasteiger partial charge is 0.344 e. The summed E-state index contributed by atoms with van der Waals surface area (Å²) in [6, 6.07) is 9.69. The minimum absolute atomic E-state index is 0.117. The molecule has 2 aliphatic heterocycles. The average Bonchev–Trinajstić information content (AvgIpc) is 3.03. The molecule has 2 aromatic rings. The molecule has 1 aromatic heterocycles. The van der Waals surface area contributed by atoms with E-state index >= 15 is 0 Å². The molecule has 4 bridgehead atoms. The zero-order valence-corrected chi connectivity index (χ0v) is 21.7. The van der Waals surface area contributed by atoms with Gasteiger partial charge in [-0.3, -0.25) is 9.69 Å². The molecule has 3 heterocycles. The van der Waals surface area contributed by atoms with E-state index in [-0.39, 0.29) is 17.3 Å². The second-order valence-corrected chi connectivity index (χ2v) is 11.8. The van der Waals surface area contributed by atoms with E-state index in [0.29, 0.717) is 23.8 Å². The summed E-state index contributed by atoms with van der Waals surface area (Å²) in [6.45, 7) is 1.10. The monoisotopic (exact) mass is 506 g/mol. The van der Waals surface area contributed by atoms with Gasteiger partial charge in [-0.1, -0.05) is 43.0 Å². The molecule has 4 fully saturated rings. The molecule has 198 valence electrons. The highest BCUT2D eigenvalue weighted by Crippen LogP contribution is 2.47. The van der Waals surface area contributed by atoms with Crippen LogP contribution in [-0.4, -0.2) is 56.0 Å². The number of nitrogens with zero attached hydrogens (tertiary/aromatic N) is 4. The zero-order chi connectivity index (χ0) is 25.5. The molecule has 8 nitrogen and oxygen atoms in total. The normalized spacial score (nSPS) is 32.3. The molecule has 6 rings (SSSR count). The molecule has 0 radical (unpaired) electrons. The fraction of sp³-hybridized carbons (Fsp3) is 0.655. The lowest BCUT2D eigenvalue weighted by Crippen LogP contribution is -2.52. The lowest BCUT2D eigenvalue weighted by atomic mass is 9.76. The van der Waals surface area contributed by atoms with E-state index < -0.39 is 12.6 Å². The number of benzene rings is 1. The van der Waals surface area contributed by atoms with Crippen LogP contribution in [0.3, 0.4) is 0 Å². The highest BCUT2D eigenvalue weighted by Gasteiger charge is 2.47. The predicted octanol–water partition coefficient (Wildman–Crippen LogP) is 4.75. The number of carboxylic acid groups (broad SMARTS) is 1. The summed E-state index contributed by atoms with van der Waals surface area (Å²) in [6.07, 6.45) is 14.2. The van der Waals surface area contributed by atoms with Gasteiger partial charge in [0.2, 0.25) is 6.61 Å². The number of fused-ring (bicyclic) bond motifs is 5. The Kier molecular flexibility index (Phi) is 6.78. The standard InChI is InChI=1S/C29H38N4O4/c1-18(31-37-17-27(34)35)28-29(36)33(26-9-5-4-8-25(26)30-28)24-15-21-10-11-22(16-24)32(21)23-13-19-6-2-3-7-20(12-19)14-23/h4-5,8-9,19-24H,2-3,6-7,10-17H2,1H3,(H,34,35)/b31-18+. The summed E-state index contributed by atoms with van der Waals surface area (Å²) >= 11 is 0. The SMILES string of the molecule is C/C(=N\OCC(=O)O)c1nc2ccccc2n(C2CC3CCC(C2)N3C2CC3CCCCC(C3)C2)c1=O. The molecule has 1 N–H and O–H groups in total. The van der Waals surface area contributed by atoms with E-state index in [9.17, 15) is 9.59 Å². The van der Waals surface area contributed by atoms with Crippen LogP contribution in [0.15, 0.2) is 34.2 Å². The van der Waals surface area contributed by atoms with Crippen molar-refractivity contribution in [2.45, 2.75) is 102 Å². The number of aliphatic carboxylic acids is 1. The van der Waals surface area contributed by atoms with Gasteiger partial charge in [0.1, 0.15) is 5.71 Å². The van der Waals surface area contributed by atoms with Crippen LogP contribution in [0.1, 0.15) is 89.3 Å². The molecule has 4 aliphatic rings. The molecular weight excluding hydrogens is 468 g/mol. The molecule has 2 saturated heterocycles. The van der Waals surface area contributed by atoms with Gasteiger partial charge < -0.3 is 14.5 Å². The van der Waals surface area contributed by atoms with E-state index in [0.717, 1.165) is 35.7 Å². The Bertz CT molecular complexity index is 1230.